The van der Waals surface area contributed by atoms with Gasteiger partial charge >= 0.3 is 5.97 Å². The third-order valence-corrected chi connectivity index (χ3v) is 8.14. The van der Waals surface area contributed by atoms with Crippen LogP contribution in [-0.2, 0) is 26.1 Å². The molecule has 32 heavy (non-hydrogen) atoms. The Hall–Kier alpha value is -2.20. The van der Waals surface area contributed by atoms with Gasteiger partial charge in [0.1, 0.15) is 0 Å². The summed E-state index contributed by atoms with van der Waals surface area (Å²) in [5, 5.41) is 0. The van der Waals surface area contributed by atoms with Crippen molar-refractivity contribution in [3.63, 3.8) is 0 Å². The molecule has 0 saturated carbocycles. The van der Waals surface area contributed by atoms with E-state index in [1.807, 2.05) is 6.07 Å². The second kappa shape index (κ2) is 11.1. The maximum absolute atomic E-state index is 12.9. The average molecular weight is 497 g/mol. The molecule has 1 aromatic carbocycles. The van der Waals surface area contributed by atoms with Crippen LogP contribution < -0.4 is 0 Å². The summed E-state index contributed by atoms with van der Waals surface area (Å²) in [4.78, 5) is 27.5. The number of benzene rings is 1. The van der Waals surface area contributed by atoms with Crippen LogP contribution in [0.3, 0.4) is 0 Å². The van der Waals surface area contributed by atoms with E-state index < -0.39 is 22.6 Å². The molecule has 0 bridgehead atoms. The Labute approximate surface area is 197 Å². The lowest BCUT2D eigenvalue weighted by Crippen LogP contribution is -2.35. The van der Waals surface area contributed by atoms with Gasteiger partial charge in [-0.15, -0.1) is 17.9 Å². The number of rotatable bonds is 9. The Bertz CT molecular complexity index is 1080. The van der Waals surface area contributed by atoms with Gasteiger partial charge in [0.25, 0.3) is 5.91 Å². The fourth-order valence-corrected chi connectivity index (χ4v) is 6.04. The minimum absolute atomic E-state index is 0.0445. The number of carbonyl (C=O) groups is 2. The minimum atomic E-state index is -3.67. The molecule has 1 fully saturated rings. The van der Waals surface area contributed by atoms with Crippen LogP contribution in [0.2, 0.25) is 4.34 Å². The highest BCUT2D eigenvalue weighted by atomic mass is 35.5. The van der Waals surface area contributed by atoms with E-state index in [-0.39, 0.29) is 22.9 Å². The van der Waals surface area contributed by atoms with Crippen molar-refractivity contribution >= 4 is 44.8 Å². The zero-order chi connectivity index (χ0) is 23.1. The number of ether oxygens (including phenoxy) is 1. The first-order valence-electron chi connectivity index (χ1n) is 10.2. The number of sulfonamides is 1. The third kappa shape index (κ3) is 6.19. The number of carbonyl (C=O) groups excluding carboxylic acids is 2. The largest absolute Gasteiger partial charge is 0.452 e. The molecule has 0 spiro atoms. The molecular formula is C22H25ClN2O5S2. The predicted octanol–water partition coefficient (Wildman–Crippen LogP) is 3.95. The number of piperidine rings is 1. The van der Waals surface area contributed by atoms with Crippen molar-refractivity contribution in [2.45, 2.75) is 30.7 Å². The highest BCUT2D eigenvalue weighted by Gasteiger charge is 2.27. The molecule has 7 nitrogen and oxygen atoms in total. The molecule has 1 aliphatic heterocycles. The summed E-state index contributed by atoms with van der Waals surface area (Å²) in [5.74, 6) is -1.15. The van der Waals surface area contributed by atoms with Gasteiger partial charge in [0.15, 0.2) is 6.61 Å². The maximum atomic E-state index is 12.9. The van der Waals surface area contributed by atoms with Crippen LogP contribution in [0.15, 0.2) is 53.9 Å². The lowest BCUT2D eigenvalue weighted by molar-refractivity contribution is -0.134. The molecule has 1 aliphatic rings. The molecule has 0 atom stereocenters. The van der Waals surface area contributed by atoms with Crippen LogP contribution >= 0.6 is 22.9 Å². The van der Waals surface area contributed by atoms with E-state index in [9.17, 15) is 18.0 Å². The molecule has 10 heteroatoms. The normalized spacial score (nSPS) is 14.7. The number of hydrogen-bond acceptors (Lipinski definition) is 6. The molecule has 0 unspecified atom stereocenters. The SMILES string of the molecule is C=CCN(Cc1ccc(Cl)s1)C(=O)COC(=O)c1cccc(S(=O)(=O)N2CCCCC2)c1. The summed E-state index contributed by atoms with van der Waals surface area (Å²) < 4.78 is 33.0. The Morgan fingerprint density at radius 2 is 1.94 bits per heavy atom. The van der Waals surface area contributed by atoms with Crippen molar-refractivity contribution in [3.8, 4) is 0 Å². The highest BCUT2D eigenvalue weighted by molar-refractivity contribution is 7.89. The van der Waals surface area contributed by atoms with Crippen molar-refractivity contribution < 1.29 is 22.7 Å². The van der Waals surface area contributed by atoms with Gasteiger partial charge in [-0.2, -0.15) is 4.31 Å². The van der Waals surface area contributed by atoms with E-state index in [0.29, 0.717) is 24.0 Å². The van der Waals surface area contributed by atoms with Crippen LogP contribution in [-0.4, -0.2) is 55.7 Å². The zero-order valence-corrected chi connectivity index (χ0v) is 19.9. The Morgan fingerprint density at radius 1 is 1.19 bits per heavy atom. The molecular weight excluding hydrogens is 472 g/mol. The van der Waals surface area contributed by atoms with Crippen LogP contribution in [0.5, 0.6) is 0 Å². The highest BCUT2D eigenvalue weighted by Crippen LogP contribution is 2.23. The van der Waals surface area contributed by atoms with Crippen molar-refractivity contribution in [3.05, 3.63) is 63.8 Å². The molecule has 0 aliphatic carbocycles. The third-order valence-electron chi connectivity index (χ3n) is 5.03. The number of thiophene rings is 1. The predicted molar refractivity (Wildman–Crippen MR) is 124 cm³/mol. The first kappa shape index (κ1) is 24.4. The van der Waals surface area contributed by atoms with Gasteiger partial charge in [0, 0.05) is 24.5 Å². The monoisotopic (exact) mass is 496 g/mol. The first-order chi connectivity index (χ1) is 15.3. The summed E-state index contributed by atoms with van der Waals surface area (Å²) in [6.07, 6.45) is 4.24. The van der Waals surface area contributed by atoms with Crippen LogP contribution in [0.1, 0.15) is 34.5 Å². The second-order valence-corrected chi connectivity index (χ2v) is 11.1. The Kier molecular flexibility index (Phi) is 8.47. The maximum Gasteiger partial charge on any atom is 0.338 e. The molecule has 0 N–H and O–H groups in total. The van der Waals surface area contributed by atoms with E-state index in [2.05, 4.69) is 6.58 Å². The van der Waals surface area contributed by atoms with E-state index in [0.717, 1.165) is 24.1 Å². The van der Waals surface area contributed by atoms with Crippen LogP contribution in [0, 0.1) is 0 Å². The molecule has 2 heterocycles. The van der Waals surface area contributed by atoms with E-state index >= 15 is 0 Å². The standard InChI is InChI=1S/C22H25ClN2O5S2/c1-2-11-24(15-18-9-10-20(23)31-18)21(26)16-30-22(27)17-7-6-8-19(14-17)32(28,29)25-12-4-3-5-13-25/h2,6-10,14H,1,3-5,11-13,15-16H2. The smallest absolute Gasteiger partial charge is 0.338 e. The fourth-order valence-electron chi connectivity index (χ4n) is 3.37. The van der Waals surface area contributed by atoms with Crippen LogP contribution in [0.25, 0.3) is 0 Å². The Morgan fingerprint density at radius 3 is 2.59 bits per heavy atom. The molecule has 172 valence electrons. The summed E-state index contributed by atoms with van der Waals surface area (Å²) in [6, 6.07) is 9.31. The molecule has 1 amide bonds. The van der Waals surface area contributed by atoms with E-state index in [4.69, 9.17) is 16.3 Å². The zero-order valence-electron chi connectivity index (χ0n) is 17.5. The lowest BCUT2D eigenvalue weighted by Gasteiger charge is -2.26. The fraction of sp³-hybridized carbons (Fsp3) is 0.364. The van der Waals surface area contributed by atoms with Crippen LogP contribution in [0.4, 0.5) is 0 Å². The van der Waals surface area contributed by atoms with Crippen molar-refractivity contribution in [1.82, 2.24) is 9.21 Å². The first-order valence-corrected chi connectivity index (χ1v) is 12.8. The van der Waals surface area contributed by atoms with Gasteiger partial charge in [0.05, 0.1) is 21.3 Å². The summed E-state index contributed by atoms with van der Waals surface area (Å²) in [6.45, 7) is 4.75. The number of hydrogen-bond donors (Lipinski definition) is 0. The van der Waals surface area contributed by atoms with Gasteiger partial charge in [-0.25, -0.2) is 13.2 Å². The van der Waals surface area contributed by atoms with Gasteiger partial charge in [-0.1, -0.05) is 30.2 Å². The topological polar surface area (TPSA) is 84.0 Å². The average Bonchev–Trinajstić information content (AvgIpc) is 3.22. The van der Waals surface area contributed by atoms with E-state index in [1.54, 1.807) is 12.1 Å². The number of amides is 1. The van der Waals surface area contributed by atoms with Gasteiger partial charge in [-0.3, -0.25) is 4.79 Å². The van der Waals surface area contributed by atoms with Gasteiger partial charge < -0.3 is 9.64 Å². The molecule has 1 saturated heterocycles. The van der Waals surface area contributed by atoms with E-state index in [1.165, 1.54) is 44.8 Å². The number of nitrogens with zero attached hydrogens (tertiary/aromatic N) is 2. The van der Waals surface area contributed by atoms with Crippen molar-refractivity contribution in [1.29, 1.82) is 0 Å². The number of halogens is 1. The summed E-state index contributed by atoms with van der Waals surface area (Å²) >= 11 is 7.31. The lowest BCUT2D eigenvalue weighted by atomic mass is 10.2. The Balaban J connectivity index is 1.64. The van der Waals surface area contributed by atoms with Crippen molar-refractivity contribution in [2.24, 2.45) is 0 Å². The minimum Gasteiger partial charge on any atom is -0.452 e. The molecule has 2 aromatic rings. The van der Waals surface area contributed by atoms with Crippen molar-refractivity contribution in [2.75, 3.05) is 26.2 Å². The molecule has 1 aromatic heterocycles. The second-order valence-electron chi connectivity index (χ2n) is 7.34. The number of esters is 1. The molecule has 0 radical (unpaired) electrons. The molecule has 3 rings (SSSR count). The quantitative estimate of drug-likeness (QED) is 0.387. The van der Waals surface area contributed by atoms with Gasteiger partial charge in [0.2, 0.25) is 10.0 Å². The summed E-state index contributed by atoms with van der Waals surface area (Å²) in [7, 11) is -3.67. The summed E-state index contributed by atoms with van der Waals surface area (Å²) in [5.41, 5.74) is 0.0798. The van der Waals surface area contributed by atoms with Gasteiger partial charge in [-0.05, 0) is 43.2 Å².